The van der Waals surface area contributed by atoms with Crippen LogP contribution < -0.4 is 0 Å². The van der Waals surface area contributed by atoms with E-state index in [4.69, 9.17) is 25.1 Å². The second-order valence-corrected chi connectivity index (χ2v) is 9.16. The summed E-state index contributed by atoms with van der Waals surface area (Å²) in [6.45, 7) is 4.07. The molecule has 6 rings (SSSR count). The van der Waals surface area contributed by atoms with Gasteiger partial charge >= 0.3 is 0 Å². The molecule has 2 heterocycles. The van der Waals surface area contributed by atoms with Crippen LogP contribution in [0.2, 0.25) is 0 Å². The molecule has 6 aromatic rings. The molecule has 4 aromatic carbocycles. The SMILES string of the molecule is [B]C([B])(c1ccc2c(-c3ccc4c(c3)oc3ccc5ccccc5c34)nccc2c1)C(C)C. The van der Waals surface area contributed by atoms with Crippen LogP contribution in [0.1, 0.15) is 19.4 Å². The lowest BCUT2D eigenvalue weighted by molar-refractivity contribution is 0.571. The first kappa shape index (κ1) is 20.1. The molecule has 0 saturated carbocycles. The largest absolute Gasteiger partial charge is 0.456 e. The molecule has 33 heavy (non-hydrogen) atoms. The van der Waals surface area contributed by atoms with E-state index in [9.17, 15) is 0 Å². The highest BCUT2D eigenvalue weighted by Gasteiger charge is 2.24. The minimum Gasteiger partial charge on any atom is -0.456 e. The first-order chi connectivity index (χ1) is 15.9. The quantitative estimate of drug-likeness (QED) is 0.285. The van der Waals surface area contributed by atoms with Crippen molar-refractivity contribution in [1.29, 1.82) is 0 Å². The Morgan fingerprint density at radius 3 is 2.42 bits per heavy atom. The van der Waals surface area contributed by atoms with Crippen LogP contribution in [-0.4, -0.2) is 20.7 Å². The molecule has 0 aliphatic rings. The van der Waals surface area contributed by atoms with Gasteiger partial charge in [0.15, 0.2) is 0 Å². The summed E-state index contributed by atoms with van der Waals surface area (Å²) in [5.74, 6) is 0.114. The molecule has 0 spiro atoms. The molecule has 0 fully saturated rings. The Morgan fingerprint density at radius 1 is 0.758 bits per heavy atom. The molecule has 154 valence electrons. The Morgan fingerprint density at radius 2 is 1.58 bits per heavy atom. The van der Waals surface area contributed by atoms with E-state index in [0.717, 1.165) is 49.5 Å². The fourth-order valence-electron chi connectivity index (χ4n) is 4.70. The molecule has 0 amide bonds. The van der Waals surface area contributed by atoms with Crippen LogP contribution in [-0.2, 0) is 5.21 Å². The van der Waals surface area contributed by atoms with Gasteiger partial charge in [0.25, 0.3) is 0 Å². The molecular weight excluding hydrogens is 400 g/mol. The lowest BCUT2D eigenvalue weighted by atomic mass is 9.46. The van der Waals surface area contributed by atoms with Gasteiger partial charge in [0, 0.05) is 27.9 Å². The molecule has 2 aromatic heterocycles. The van der Waals surface area contributed by atoms with Crippen LogP contribution in [0, 0.1) is 5.92 Å². The summed E-state index contributed by atoms with van der Waals surface area (Å²) < 4.78 is 6.26. The summed E-state index contributed by atoms with van der Waals surface area (Å²) in [6, 6.07) is 27.1. The van der Waals surface area contributed by atoms with E-state index in [1.165, 1.54) is 10.8 Å². The van der Waals surface area contributed by atoms with E-state index < -0.39 is 5.21 Å². The molecule has 0 atom stereocenters. The highest BCUT2D eigenvalue weighted by Crippen LogP contribution is 2.38. The second kappa shape index (κ2) is 7.25. The lowest BCUT2D eigenvalue weighted by Crippen LogP contribution is -2.33. The maximum absolute atomic E-state index is 6.41. The van der Waals surface area contributed by atoms with Crippen LogP contribution in [0.15, 0.2) is 89.5 Å². The van der Waals surface area contributed by atoms with E-state index in [1.54, 1.807) is 0 Å². The number of aromatic nitrogens is 1. The van der Waals surface area contributed by atoms with E-state index in [1.807, 2.05) is 32.2 Å². The van der Waals surface area contributed by atoms with Gasteiger partial charge in [-0.1, -0.05) is 85.1 Å². The Kier molecular flexibility index (Phi) is 4.42. The maximum Gasteiger partial charge on any atom is 0.136 e. The summed E-state index contributed by atoms with van der Waals surface area (Å²) >= 11 is 0. The topological polar surface area (TPSA) is 26.0 Å². The normalized spacial score (nSPS) is 12.5. The zero-order valence-electron chi connectivity index (χ0n) is 18.7. The standard InChI is InChI=1S/C29H21B2NO/c1-17(2)29(30,31)21-9-11-23-19(15-21)13-14-32-28(23)20-7-10-24-26(16-20)33-25-12-8-18-5-3-4-6-22(18)27(24)25/h3-17H,1-2H3. The first-order valence-corrected chi connectivity index (χ1v) is 11.2. The van der Waals surface area contributed by atoms with Gasteiger partial charge in [0.05, 0.1) is 21.4 Å². The van der Waals surface area contributed by atoms with Crippen LogP contribution in [0.25, 0.3) is 54.7 Å². The Hall–Kier alpha value is -3.52. The first-order valence-electron chi connectivity index (χ1n) is 11.2. The summed E-state index contributed by atoms with van der Waals surface area (Å²) in [5.41, 5.74) is 4.60. The molecule has 2 nitrogen and oxygen atoms in total. The monoisotopic (exact) mass is 421 g/mol. The predicted molar refractivity (Wildman–Crippen MR) is 140 cm³/mol. The number of nitrogens with zero attached hydrogens (tertiary/aromatic N) is 1. The van der Waals surface area contributed by atoms with Crippen LogP contribution in [0.3, 0.4) is 0 Å². The number of rotatable bonds is 3. The summed E-state index contributed by atoms with van der Waals surface area (Å²) in [5, 5.41) is 5.92. The molecule has 4 radical (unpaired) electrons. The highest BCUT2D eigenvalue weighted by molar-refractivity contribution is 6.40. The van der Waals surface area contributed by atoms with Crippen molar-refractivity contribution in [3.8, 4) is 11.3 Å². The smallest absolute Gasteiger partial charge is 0.136 e. The van der Waals surface area contributed by atoms with Gasteiger partial charge in [0.2, 0.25) is 0 Å². The van der Waals surface area contributed by atoms with Gasteiger partial charge in [-0.05, 0) is 40.4 Å². The molecule has 4 heteroatoms. The van der Waals surface area contributed by atoms with Crippen molar-refractivity contribution in [3.05, 3.63) is 90.6 Å². The minimum atomic E-state index is -0.881. The average molecular weight is 421 g/mol. The van der Waals surface area contributed by atoms with E-state index >= 15 is 0 Å². The number of furan rings is 1. The molecule has 0 unspecified atom stereocenters. The van der Waals surface area contributed by atoms with E-state index in [2.05, 4.69) is 66.7 Å². The second-order valence-electron chi connectivity index (χ2n) is 9.16. The predicted octanol–water partition coefficient (Wildman–Crippen LogP) is 7.10. The third-order valence-electron chi connectivity index (χ3n) is 6.85. The van der Waals surface area contributed by atoms with Crippen molar-refractivity contribution >= 4 is 59.2 Å². The van der Waals surface area contributed by atoms with Crippen molar-refractivity contribution in [1.82, 2.24) is 4.98 Å². The van der Waals surface area contributed by atoms with Crippen molar-refractivity contribution in [2.75, 3.05) is 0 Å². The van der Waals surface area contributed by atoms with E-state index in [0.29, 0.717) is 0 Å². The molecule has 0 N–H and O–H groups in total. The molecule has 0 bridgehead atoms. The van der Waals surface area contributed by atoms with Crippen molar-refractivity contribution in [2.45, 2.75) is 19.1 Å². The zero-order chi connectivity index (χ0) is 22.7. The zero-order valence-corrected chi connectivity index (χ0v) is 18.7. The number of hydrogen-bond donors (Lipinski definition) is 0. The fraction of sp³-hybridized carbons (Fsp3) is 0.138. The van der Waals surface area contributed by atoms with Gasteiger partial charge in [-0.25, -0.2) is 0 Å². The maximum atomic E-state index is 6.41. The average Bonchev–Trinajstić information content (AvgIpc) is 3.21. The molecule has 0 saturated heterocycles. The molecule has 0 aliphatic carbocycles. The Balaban J connectivity index is 1.53. The van der Waals surface area contributed by atoms with Crippen molar-refractivity contribution in [2.24, 2.45) is 5.92 Å². The number of fused-ring (bicyclic) bond motifs is 6. The van der Waals surface area contributed by atoms with Gasteiger partial charge in [0.1, 0.15) is 11.2 Å². The van der Waals surface area contributed by atoms with Gasteiger partial charge in [-0.2, -0.15) is 0 Å². The summed E-state index contributed by atoms with van der Waals surface area (Å²) in [6.07, 6.45) is 1.84. The minimum absolute atomic E-state index is 0.114. The third-order valence-corrected chi connectivity index (χ3v) is 6.85. The van der Waals surface area contributed by atoms with Gasteiger partial charge in [-0.3, -0.25) is 4.98 Å². The lowest BCUT2D eigenvalue weighted by Gasteiger charge is -2.31. The highest BCUT2D eigenvalue weighted by atomic mass is 16.3. The van der Waals surface area contributed by atoms with Crippen molar-refractivity contribution in [3.63, 3.8) is 0 Å². The Bertz CT molecular complexity index is 1680. The van der Waals surface area contributed by atoms with Crippen LogP contribution >= 0.6 is 0 Å². The Labute approximate surface area is 195 Å². The van der Waals surface area contributed by atoms with Crippen molar-refractivity contribution < 1.29 is 4.42 Å². The number of benzene rings is 4. The number of hydrogen-bond acceptors (Lipinski definition) is 2. The fourth-order valence-corrected chi connectivity index (χ4v) is 4.70. The van der Waals surface area contributed by atoms with E-state index in [-0.39, 0.29) is 5.92 Å². The summed E-state index contributed by atoms with van der Waals surface area (Å²) in [7, 11) is 12.8. The van der Waals surface area contributed by atoms with Gasteiger partial charge < -0.3 is 4.42 Å². The van der Waals surface area contributed by atoms with Gasteiger partial charge in [-0.15, -0.1) is 0 Å². The molecule has 0 aliphatic heterocycles. The number of pyridine rings is 1. The van der Waals surface area contributed by atoms with Crippen LogP contribution in [0.4, 0.5) is 0 Å². The summed E-state index contributed by atoms with van der Waals surface area (Å²) in [4.78, 5) is 4.71. The molecular formula is C29H21B2NO. The van der Waals surface area contributed by atoms with Crippen LogP contribution in [0.5, 0.6) is 0 Å². The third kappa shape index (κ3) is 3.08.